The molecule has 1 amide bonds. The van der Waals surface area contributed by atoms with Gasteiger partial charge in [-0.2, -0.15) is 18.3 Å². The summed E-state index contributed by atoms with van der Waals surface area (Å²) in [6.45, 7) is 1.07. The summed E-state index contributed by atoms with van der Waals surface area (Å²) in [6, 6.07) is 9.80. The molecule has 1 aliphatic carbocycles. The van der Waals surface area contributed by atoms with Crippen molar-refractivity contribution in [3.8, 4) is 0 Å². The summed E-state index contributed by atoms with van der Waals surface area (Å²) in [5.74, 6) is -0.734. The zero-order valence-electron chi connectivity index (χ0n) is 18.9. The van der Waals surface area contributed by atoms with Gasteiger partial charge in [0.25, 0.3) is 15.9 Å². The SMILES string of the molecule is Cc1ccc(S(=O)(=O)N(CC(=O)NN=C2CCCCCCC2)c2cccc(C(F)(F)F)c2)cc1. The first-order chi connectivity index (χ1) is 16.1. The summed E-state index contributed by atoms with van der Waals surface area (Å²) in [4.78, 5) is 12.6. The highest BCUT2D eigenvalue weighted by atomic mass is 32.2. The Balaban J connectivity index is 1.90. The lowest BCUT2D eigenvalue weighted by Crippen LogP contribution is -2.40. The van der Waals surface area contributed by atoms with E-state index < -0.39 is 34.2 Å². The molecule has 0 atom stereocenters. The molecule has 0 bridgehead atoms. The van der Waals surface area contributed by atoms with Gasteiger partial charge in [-0.25, -0.2) is 13.8 Å². The van der Waals surface area contributed by atoms with Crippen LogP contribution in [0.3, 0.4) is 0 Å². The Morgan fingerprint density at radius 2 is 1.62 bits per heavy atom. The summed E-state index contributed by atoms with van der Waals surface area (Å²) in [7, 11) is -4.33. The van der Waals surface area contributed by atoms with Crippen molar-refractivity contribution in [2.24, 2.45) is 5.10 Å². The van der Waals surface area contributed by atoms with Crippen LogP contribution in [0.4, 0.5) is 18.9 Å². The molecule has 1 N–H and O–H groups in total. The Labute approximate surface area is 197 Å². The number of rotatable bonds is 6. The fourth-order valence-electron chi connectivity index (χ4n) is 3.72. The number of carbonyl (C=O) groups is 1. The predicted molar refractivity (Wildman–Crippen MR) is 125 cm³/mol. The lowest BCUT2D eigenvalue weighted by molar-refractivity contribution is -0.137. The average Bonchev–Trinajstić information content (AvgIpc) is 2.76. The Morgan fingerprint density at radius 1 is 1.00 bits per heavy atom. The summed E-state index contributed by atoms with van der Waals surface area (Å²) < 4.78 is 67.2. The van der Waals surface area contributed by atoms with E-state index in [1.807, 2.05) is 0 Å². The van der Waals surface area contributed by atoms with E-state index in [1.54, 1.807) is 19.1 Å². The molecule has 10 heteroatoms. The molecule has 34 heavy (non-hydrogen) atoms. The predicted octanol–water partition coefficient (Wildman–Crippen LogP) is 5.43. The van der Waals surface area contributed by atoms with E-state index in [9.17, 15) is 26.4 Å². The van der Waals surface area contributed by atoms with Crippen LogP contribution in [0.25, 0.3) is 0 Å². The molecule has 0 unspecified atom stereocenters. The molecule has 1 aliphatic rings. The molecule has 0 heterocycles. The number of carbonyl (C=O) groups excluding carboxylic acids is 1. The molecule has 0 radical (unpaired) electrons. The number of hydrazone groups is 1. The third kappa shape index (κ3) is 6.82. The van der Waals surface area contributed by atoms with E-state index in [0.29, 0.717) is 4.31 Å². The van der Waals surface area contributed by atoms with Gasteiger partial charge in [0.1, 0.15) is 6.54 Å². The summed E-state index contributed by atoms with van der Waals surface area (Å²) in [5.41, 5.74) is 2.78. The van der Waals surface area contributed by atoms with Gasteiger partial charge in [-0.3, -0.25) is 9.10 Å². The number of anilines is 1. The number of nitrogens with one attached hydrogen (secondary N) is 1. The fourth-order valence-corrected chi connectivity index (χ4v) is 5.14. The zero-order valence-corrected chi connectivity index (χ0v) is 19.8. The maximum atomic E-state index is 13.4. The molecule has 6 nitrogen and oxygen atoms in total. The van der Waals surface area contributed by atoms with Crippen molar-refractivity contribution < 1.29 is 26.4 Å². The van der Waals surface area contributed by atoms with E-state index in [-0.39, 0.29) is 10.6 Å². The van der Waals surface area contributed by atoms with Crippen LogP contribution in [0.15, 0.2) is 58.5 Å². The summed E-state index contributed by atoms with van der Waals surface area (Å²) in [5, 5.41) is 4.17. The minimum Gasteiger partial charge on any atom is -0.271 e. The lowest BCUT2D eigenvalue weighted by atomic mass is 9.99. The Kier molecular flexibility index (Phi) is 8.35. The van der Waals surface area contributed by atoms with E-state index >= 15 is 0 Å². The summed E-state index contributed by atoms with van der Waals surface area (Å²) in [6.07, 6.45) is 2.11. The number of amides is 1. The highest BCUT2D eigenvalue weighted by Crippen LogP contribution is 2.33. The monoisotopic (exact) mass is 495 g/mol. The normalized spacial score (nSPS) is 15.2. The van der Waals surface area contributed by atoms with Crippen molar-refractivity contribution >= 4 is 27.3 Å². The molecular formula is C24H28F3N3O3S. The topological polar surface area (TPSA) is 78.8 Å². The van der Waals surface area contributed by atoms with Gasteiger partial charge in [0.2, 0.25) is 0 Å². The number of halogens is 3. The van der Waals surface area contributed by atoms with Gasteiger partial charge in [0.05, 0.1) is 16.1 Å². The minimum atomic E-state index is -4.66. The second-order valence-electron chi connectivity index (χ2n) is 8.35. The molecule has 184 valence electrons. The van der Waals surface area contributed by atoms with Crippen LogP contribution in [0, 0.1) is 6.92 Å². The molecule has 1 saturated carbocycles. The van der Waals surface area contributed by atoms with Crippen LogP contribution >= 0.6 is 0 Å². The van der Waals surface area contributed by atoms with Crippen molar-refractivity contribution in [1.82, 2.24) is 5.43 Å². The second kappa shape index (κ2) is 11.0. The van der Waals surface area contributed by atoms with Crippen LogP contribution in [0.1, 0.15) is 56.1 Å². The molecule has 1 fully saturated rings. The molecule has 0 aliphatic heterocycles. The first-order valence-corrected chi connectivity index (χ1v) is 12.6. The van der Waals surface area contributed by atoms with Crippen LogP contribution in [0.5, 0.6) is 0 Å². The van der Waals surface area contributed by atoms with E-state index in [1.165, 1.54) is 24.6 Å². The third-order valence-corrected chi connectivity index (χ3v) is 7.42. The Bertz CT molecular complexity index is 1120. The molecule has 0 aromatic heterocycles. The van der Waals surface area contributed by atoms with Gasteiger partial charge >= 0.3 is 6.18 Å². The number of aryl methyl sites for hydroxylation is 1. The number of alkyl halides is 3. The molecule has 2 aromatic rings. The largest absolute Gasteiger partial charge is 0.416 e. The van der Waals surface area contributed by atoms with Crippen molar-refractivity contribution in [3.05, 3.63) is 59.7 Å². The molecule has 0 spiro atoms. The quantitative estimate of drug-likeness (QED) is 0.543. The second-order valence-corrected chi connectivity index (χ2v) is 10.2. The van der Waals surface area contributed by atoms with E-state index in [2.05, 4.69) is 10.5 Å². The van der Waals surface area contributed by atoms with E-state index in [0.717, 1.165) is 68.0 Å². The highest BCUT2D eigenvalue weighted by Gasteiger charge is 2.33. The number of nitrogens with zero attached hydrogens (tertiary/aromatic N) is 2. The van der Waals surface area contributed by atoms with Crippen LogP contribution < -0.4 is 9.73 Å². The molecule has 2 aromatic carbocycles. The lowest BCUT2D eigenvalue weighted by Gasteiger charge is -2.24. The highest BCUT2D eigenvalue weighted by molar-refractivity contribution is 7.92. The molecular weight excluding hydrogens is 467 g/mol. The summed E-state index contributed by atoms with van der Waals surface area (Å²) >= 11 is 0. The van der Waals surface area contributed by atoms with Gasteiger partial charge < -0.3 is 0 Å². The van der Waals surface area contributed by atoms with Crippen molar-refractivity contribution in [1.29, 1.82) is 0 Å². The van der Waals surface area contributed by atoms with Gasteiger partial charge in [-0.1, -0.05) is 43.0 Å². The minimum absolute atomic E-state index is 0.130. The van der Waals surface area contributed by atoms with Gasteiger partial charge in [0.15, 0.2) is 0 Å². The van der Waals surface area contributed by atoms with Crippen LogP contribution in [0.2, 0.25) is 0 Å². The standard InChI is InChI=1S/C24H28F3N3O3S/c1-18-12-14-22(15-13-18)34(32,33)30(21-11-7-8-19(16-21)24(25,26)27)17-23(31)29-28-20-9-5-3-2-4-6-10-20/h7-8,11-16H,2-6,9-10,17H2,1H3,(H,29,31). The maximum absolute atomic E-state index is 13.4. The molecule has 3 rings (SSSR count). The van der Waals surface area contributed by atoms with Crippen molar-refractivity contribution in [2.75, 3.05) is 10.8 Å². The third-order valence-electron chi connectivity index (χ3n) is 5.63. The van der Waals surface area contributed by atoms with Crippen LogP contribution in [-0.4, -0.2) is 26.6 Å². The Morgan fingerprint density at radius 3 is 2.24 bits per heavy atom. The smallest absolute Gasteiger partial charge is 0.271 e. The molecule has 0 saturated heterocycles. The van der Waals surface area contributed by atoms with Gasteiger partial charge in [-0.05, 0) is 62.9 Å². The fraction of sp³-hybridized carbons (Fsp3) is 0.417. The Hall–Kier alpha value is -2.88. The van der Waals surface area contributed by atoms with Crippen molar-refractivity contribution in [2.45, 2.75) is 62.9 Å². The first kappa shape index (κ1) is 25.7. The van der Waals surface area contributed by atoms with Crippen molar-refractivity contribution in [3.63, 3.8) is 0 Å². The van der Waals surface area contributed by atoms with Gasteiger partial charge in [-0.15, -0.1) is 0 Å². The number of hydrogen-bond donors (Lipinski definition) is 1. The number of benzene rings is 2. The maximum Gasteiger partial charge on any atom is 0.416 e. The van der Waals surface area contributed by atoms with Crippen LogP contribution in [-0.2, 0) is 21.0 Å². The van der Waals surface area contributed by atoms with E-state index in [4.69, 9.17) is 0 Å². The first-order valence-electron chi connectivity index (χ1n) is 11.2. The zero-order chi connectivity index (χ0) is 24.8. The average molecular weight is 496 g/mol. The van der Waals surface area contributed by atoms with Gasteiger partial charge in [0, 0.05) is 5.71 Å². The number of hydrogen-bond acceptors (Lipinski definition) is 4. The number of sulfonamides is 1.